The van der Waals surface area contributed by atoms with Crippen molar-refractivity contribution in [1.82, 2.24) is 19.9 Å². The summed E-state index contributed by atoms with van der Waals surface area (Å²) in [5.41, 5.74) is 1.67. The Labute approximate surface area is 84.0 Å². The van der Waals surface area contributed by atoms with Crippen LogP contribution in [0, 0.1) is 0 Å². The molecule has 13 heavy (non-hydrogen) atoms. The minimum absolute atomic E-state index is 0.740. The predicted molar refractivity (Wildman–Crippen MR) is 55.2 cm³/mol. The van der Waals surface area contributed by atoms with Crippen LogP contribution in [-0.2, 0) is 0 Å². The first kappa shape index (κ1) is 8.83. The number of aromatic amines is 1. The lowest BCUT2D eigenvalue weighted by atomic mass is 10.6. The van der Waals surface area contributed by atoms with Crippen LogP contribution in [0.1, 0.15) is 0 Å². The Morgan fingerprint density at radius 3 is 2.77 bits per heavy atom. The third-order valence-corrected chi connectivity index (χ3v) is 2.89. The average molecular weight is 212 g/mol. The van der Waals surface area contributed by atoms with E-state index in [1.807, 2.05) is 12.5 Å². The van der Waals surface area contributed by atoms with E-state index in [-0.39, 0.29) is 0 Å². The van der Waals surface area contributed by atoms with Crippen LogP contribution in [-0.4, -0.2) is 32.4 Å². The lowest BCUT2D eigenvalue weighted by molar-refractivity contribution is 1.07. The standard InChI is InChI=1S/C7H8N4S2/c1-12-6-4-5(8-3-9-6)11-7(10-4)13-2/h3H,1-2H3,(H,8,9,10,11). The molecule has 0 spiro atoms. The SMILES string of the molecule is CSc1nc2ncnc(SC)c2[nH]1. The molecule has 0 saturated heterocycles. The van der Waals surface area contributed by atoms with E-state index in [1.165, 1.54) is 0 Å². The first-order chi connectivity index (χ1) is 6.35. The normalized spacial score (nSPS) is 10.9. The number of thioether (sulfide) groups is 2. The molecule has 2 aromatic heterocycles. The van der Waals surface area contributed by atoms with Crippen molar-refractivity contribution in [3.05, 3.63) is 6.33 Å². The van der Waals surface area contributed by atoms with Gasteiger partial charge < -0.3 is 4.98 Å². The monoisotopic (exact) mass is 212 g/mol. The zero-order chi connectivity index (χ0) is 9.26. The minimum atomic E-state index is 0.740. The van der Waals surface area contributed by atoms with Crippen LogP contribution in [0.25, 0.3) is 11.2 Å². The lowest BCUT2D eigenvalue weighted by Gasteiger charge is -1.93. The number of hydrogen-bond acceptors (Lipinski definition) is 5. The largest absolute Gasteiger partial charge is 0.329 e. The highest BCUT2D eigenvalue weighted by Gasteiger charge is 2.07. The predicted octanol–water partition coefficient (Wildman–Crippen LogP) is 1.80. The second-order valence-corrected chi connectivity index (χ2v) is 3.92. The van der Waals surface area contributed by atoms with E-state index < -0.39 is 0 Å². The molecule has 2 rings (SSSR count). The Kier molecular flexibility index (Phi) is 2.41. The maximum absolute atomic E-state index is 4.28. The second kappa shape index (κ2) is 3.55. The number of fused-ring (bicyclic) bond motifs is 1. The third kappa shape index (κ3) is 1.51. The van der Waals surface area contributed by atoms with Gasteiger partial charge in [0.1, 0.15) is 16.9 Å². The Morgan fingerprint density at radius 2 is 2.08 bits per heavy atom. The van der Waals surface area contributed by atoms with Gasteiger partial charge in [-0.2, -0.15) is 0 Å². The second-order valence-electron chi connectivity index (χ2n) is 2.33. The van der Waals surface area contributed by atoms with Crippen LogP contribution in [0.5, 0.6) is 0 Å². The van der Waals surface area contributed by atoms with Gasteiger partial charge in [-0.1, -0.05) is 11.8 Å². The van der Waals surface area contributed by atoms with E-state index in [0.717, 1.165) is 21.3 Å². The number of aromatic nitrogens is 4. The number of hydrogen-bond donors (Lipinski definition) is 1. The van der Waals surface area contributed by atoms with Crippen LogP contribution in [0.2, 0.25) is 0 Å². The van der Waals surface area contributed by atoms with Crippen molar-refractivity contribution < 1.29 is 0 Å². The Morgan fingerprint density at radius 1 is 1.23 bits per heavy atom. The van der Waals surface area contributed by atoms with Crippen LogP contribution in [0.15, 0.2) is 16.5 Å². The van der Waals surface area contributed by atoms with E-state index in [4.69, 9.17) is 0 Å². The van der Waals surface area contributed by atoms with Crippen molar-refractivity contribution in [2.24, 2.45) is 0 Å². The molecule has 2 aromatic rings. The molecule has 0 saturated carbocycles. The fourth-order valence-electron chi connectivity index (χ4n) is 1.04. The zero-order valence-corrected chi connectivity index (χ0v) is 8.87. The fourth-order valence-corrected chi connectivity index (χ4v) is 1.92. The van der Waals surface area contributed by atoms with E-state index in [2.05, 4.69) is 19.9 Å². The van der Waals surface area contributed by atoms with Crippen molar-refractivity contribution in [1.29, 1.82) is 0 Å². The van der Waals surface area contributed by atoms with Crippen molar-refractivity contribution in [3.8, 4) is 0 Å². The molecule has 0 amide bonds. The molecule has 0 aliphatic rings. The number of imidazole rings is 1. The van der Waals surface area contributed by atoms with Crippen LogP contribution in [0.3, 0.4) is 0 Å². The molecule has 0 bridgehead atoms. The first-order valence-electron chi connectivity index (χ1n) is 3.64. The van der Waals surface area contributed by atoms with Crippen molar-refractivity contribution in [3.63, 3.8) is 0 Å². The molecule has 2 heterocycles. The molecule has 68 valence electrons. The summed E-state index contributed by atoms with van der Waals surface area (Å²) >= 11 is 3.16. The van der Waals surface area contributed by atoms with Gasteiger partial charge in [-0.15, -0.1) is 11.8 Å². The number of nitrogens with zero attached hydrogens (tertiary/aromatic N) is 3. The van der Waals surface area contributed by atoms with Crippen molar-refractivity contribution in [2.45, 2.75) is 10.2 Å². The van der Waals surface area contributed by atoms with Gasteiger partial charge >= 0.3 is 0 Å². The maximum atomic E-state index is 4.28. The highest BCUT2D eigenvalue weighted by molar-refractivity contribution is 7.99. The van der Waals surface area contributed by atoms with Crippen LogP contribution < -0.4 is 0 Å². The van der Waals surface area contributed by atoms with Gasteiger partial charge in [0, 0.05) is 0 Å². The van der Waals surface area contributed by atoms with Gasteiger partial charge in [0.15, 0.2) is 10.8 Å². The molecule has 0 aromatic carbocycles. The molecule has 6 heteroatoms. The third-order valence-electron chi connectivity index (χ3n) is 1.62. The van der Waals surface area contributed by atoms with Crippen LogP contribution >= 0.6 is 23.5 Å². The molecule has 1 N–H and O–H groups in total. The Hall–Kier alpha value is -0.750. The maximum Gasteiger partial charge on any atom is 0.182 e. The summed E-state index contributed by atoms with van der Waals surface area (Å²) in [4.78, 5) is 15.7. The van der Waals surface area contributed by atoms with Gasteiger partial charge in [0.2, 0.25) is 0 Å². The zero-order valence-electron chi connectivity index (χ0n) is 7.24. The fraction of sp³-hybridized carbons (Fsp3) is 0.286. The van der Waals surface area contributed by atoms with E-state index in [1.54, 1.807) is 29.9 Å². The molecule has 4 nitrogen and oxygen atoms in total. The number of H-pyrrole nitrogens is 1. The molecule has 0 aliphatic carbocycles. The lowest BCUT2D eigenvalue weighted by Crippen LogP contribution is -1.83. The number of nitrogens with one attached hydrogen (secondary N) is 1. The highest BCUT2D eigenvalue weighted by Crippen LogP contribution is 2.22. The van der Waals surface area contributed by atoms with Crippen molar-refractivity contribution in [2.75, 3.05) is 12.5 Å². The summed E-state index contributed by atoms with van der Waals surface area (Å²) in [6, 6.07) is 0. The molecule has 0 fully saturated rings. The topological polar surface area (TPSA) is 54.5 Å². The Balaban J connectivity index is 2.67. The molecule has 0 unspecified atom stereocenters. The van der Waals surface area contributed by atoms with E-state index in [9.17, 15) is 0 Å². The van der Waals surface area contributed by atoms with Gasteiger partial charge in [0.25, 0.3) is 0 Å². The smallest absolute Gasteiger partial charge is 0.182 e. The molecular weight excluding hydrogens is 204 g/mol. The van der Waals surface area contributed by atoms with Crippen molar-refractivity contribution >= 4 is 34.7 Å². The van der Waals surface area contributed by atoms with Gasteiger partial charge in [-0.05, 0) is 12.5 Å². The summed E-state index contributed by atoms with van der Waals surface area (Å²) in [5.74, 6) is 0. The highest BCUT2D eigenvalue weighted by atomic mass is 32.2. The molecule has 0 aliphatic heterocycles. The van der Waals surface area contributed by atoms with Gasteiger partial charge in [0.05, 0.1) is 0 Å². The quantitative estimate of drug-likeness (QED) is 0.607. The summed E-state index contributed by atoms with van der Waals surface area (Å²) in [6.45, 7) is 0. The molecule has 0 atom stereocenters. The first-order valence-corrected chi connectivity index (χ1v) is 6.09. The summed E-state index contributed by atoms with van der Waals surface area (Å²) < 4.78 is 0. The van der Waals surface area contributed by atoms with E-state index in [0.29, 0.717) is 0 Å². The summed E-state index contributed by atoms with van der Waals surface area (Å²) in [6.07, 6.45) is 5.50. The summed E-state index contributed by atoms with van der Waals surface area (Å²) in [7, 11) is 0. The Bertz CT molecular complexity index is 425. The number of rotatable bonds is 2. The van der Waals surface area contributed by atoms with Gasteiger partial charge in [-0.3, -0.25) is 0 Å². The summed E-state index contributed by atoms with van der Waals surface area (Å²) in [5, 5.41) is 1.82. The molecular formula is C7H8N4S2. The van der Waals surface area contributed by atoms with Gasteiger partial charge in [-0.25, -0.2) is 15.0 Å². The van der Waals surface area contributed by atoms with Crippen LogP contribution in [0.4, 0.5) is 0 Å². The van der Waals surface area contributed by atoms with E-state index >= 15 is 0 Å². The average Bonchev–Trinajstić information content (AvgIpc) is 2.59. The minimum Gasteiger partial charge on any atom is -0.329 e. The molecule has 0 radical (unpaired) electrons.